The summed E-state index contributed by atoms with van der Waals surface area (Å²) in [6, 6.07) is 3.37. The number of nitrogens with zero attached hydrogens (tertiary/aromatic N) is 1. The van der Waals surface area contributed by atoms with E-state index in [1.54, 1.807) is 13.2 Å². The van der Waals surface area contributed by atoms with Crippen molar-refractivity contribution in [3.05, 3.63) is 24.0 Å². The van der Waals surface area contributed by atoms with Crippen LogP contribution in [0.4, 0.5) is 5.69 Å². The molecule has 1 atom stereocenters. The maximum atomic E-state index is 10.6. The van der Waals surface area contributed by atoms with Crippen LogP contribution in [0.2, 0.25) is 0 Å². The fourth-order valence-electron chi connectivity index (χ4n) is 1.40. The fraction of sp³-hybridized carbons (Fsp3) is 0.500. The summed E-state index contributed by atoms with van der Waals surface area (Å²) in [7, 11) is 1.66. The van der Waals surface area contributed by atoms with Crippen molar-refractivity contribution in [2.45, 2.75) is 19.9 Å². The van der Waals surface area contributed by atoms with Crippen LogP contribution in [0.15, 0.2) is 18.3 Å². The Balaban J connectivity index is 2.69. The molecule has 1 rings (SSSR count). The van der Waals surface area contributed by atoms with Gasteiger partial charge in [0.1, 0.15) is 5.69 Å². The molecule has 0 aromatic carbocycles. The first kappa shape index (κ1) is 13.4. The Morgan fingerprint density at radius 2 is 2.24 bits per heavy atom. The molecule has 0 aliphatic carbocycles. The summed E-state index contributed by atoms with van der Waals surface area (Å²) in [4.78, 5) is 14.5. The van der Waals surface area contributed by atoms with Gasteiger partial charge in [0.15, 0.2) is 0 Å². The number of pyridine rings is 1. The second-order valence-corrected chi connectivity index (χ2v) is 4.19. The molecule has 5 nitrogen and oxygen atoms in total. The second-order valence-electron chi connectivity index (χ2n) is 4.19. The van der Waals surface area contributed by atoms with E-state index in [4.69, 9.17) is 9.84 Å². The van der Waals surface area contributed by atoms with Crippen molar-refractivity contribution in [3.63, 3.8) is 0 Å². The zero-order valence-corrected chi connectivity index (χ0v) is 10.3. The van der Waals surface area contributed by atoms with Gasteiger partial charge < -0.3 is 15.2 Å². The summed E-state index contributed by atoms with van der Waals surface area (Å²) in [6.45, 7) is 4.78. The molecule has 0 saturated carbocycles. The number of carboxylic acids is 1. The number of aromatic carboxylic acids is 1. The van der Waals surface area contributed by atoms with Gasteiger partial charge in [0.25, 0.3) is 0 Å². The van der Waals surface area contributed by atoms with E-state index in [-0.39, 0.29) is 11.7 Å². The number of nitrogens with one attached hydrogen (secondary N) is 1. The van der Waals surface area contributed by atoms with Crippen molar-refractivity contribution in [1.82, 2.24) is 4.98 Å². The summed E-state index contributed by atoms with van der Waals surface area (Å²) in [5.41, 5.74) is 0.842. The van der Waals surface area contributed by atoms with Gasteiger partial charge in [-0.2, -0.15) is 0 Å². The molecule has 0 radical (unpaired) electrons. The monoisotopic (exact) mass is 238 g/mol. The molecule has 0 amide bonds. The van der Waals surface area contributed by atoms with Gasteiger partial charge in [-0.25, -0.2) is 9.78 Å². The number of ether oxygens (including phenoxy) is 1. The first-order chi connectivity index (χ1) is 8.04. The minimum Gasteiger partial charge on any atom is -0.477 e. The Bertz CT molecular complexity index is 363. The Hall–Kier alpha value is -1.62. The van der Waals surface area contributed by atoms with Gasteiger partial charge in [0, 0.05) is 7.11 Å². The highest BCUT2D eigenvalue weighted by molar-refractivity contribution is 5.85. The van der Waals surface area contributed by atoms with E-state index in [0.29, 0.717) is 12.5 Å². The maximum absolute atomic E-state index is 10.6. The van der Waals surface area contributed by atoms with Crippen LogP contribution in [0.3, 0.4) is 0 Å². The van der Waals surface area contributed by atoms with E-state index in [1.807, 2.05) is 0 Å². The summed E-state index contributed by atoms with van der Waals surface area (Å²) in [5.74, 6) is -0.608. The molecule has 1 aromatic heterocycles. The molecule has 0 bridgehead atoms. The molecule has 17 heavy (non-hydrogen) atoms. The van der Waals surface area contributed by atoms with Crippen LogP contribution in [0, 0.1) is 5.92 Å². The molecule has 1 unspecified atom stereocenters. The standard InChI is InChI=1S/C12H18N2O3/c1-8(2)11(7-17-3)14-9-4-5-10(12(15)16)13-6-9/h4-6,8,11,14H,7H2,1-3H3,(H,15,16). The number of rotatable bonds is 6. The second kappa shape index (κ2) is 6.20. The largest absolute Gasteiger partial charge is 0.477 e. The molecular weight excluding hydrogens is 220 g/mol. The molecule has 94 valence electrons. The molecule has 1 heterocycles. The molecule has 0 spiro atoms. The Labute approximate surface area is 101 Å². The molecule has 0 saturated heterocycles. The van der Waals surface area contributed by atoms with Crippen molar-refractivity contribution >= 4 is 11.7 Å². The zero-order valence-electron chi connectivity index (χ0n) is 10.3. The van der Waals surface area contributed by atoms with Gasteiger partial charge in [-0.1, -0.05) is 13.8 Å². The molecular formula is C12H18N2O3. The van der Waals surface area contributed by atoms with Gasteiger partial charge in [-0.05, 0) is 18.1 Å². The third-order valence-electron chi connectivity index (χ3n) is 2.49. The molecule has 0 aliphatic rings. The van der Waals surface area contributed by atoms with Crippen molar-refractivity contribution < 1.29 is 14.6 Å². The molecule has 5 heteroatoms. The van der Waals surface area contributed by atoms with E-state index < -0.39 is 5.97 Å². The third kappa shape index (κ3) is 4.03. The number of aromatic nitrogens is 1. The number of anilines is 1. The quantitative estimate of drug-likeness (QED) is 0.791. The van der Waals surface area contributed by atoms with Gasteiger partial charge >= 0.3 is 5.97 Å². The predicted molar refractivity (Wildman–Crippen MR) is 65.3 cm³/mol. The minimum absolute atomic E-state index is 0.0448. The number of carboxylic acid groups (broad SMARTS) is 1. The normalized spacial score (nSPS) is 12.5. The fourth-order valence-corrected chi connectivity index (χ4v) is 1.40. The number of hydrogen-bond donors (Lipinski definition) is 2. The topological polar surface area (TPSA) is 71.5 Å². The summed E-state index contributed by atoms with van der Waals surface area (Å²) in [5, 5.41) is 12.0. The maximum Gasteiger partial charge on any atom is 0.354 e. The van der Waals surface area contributed by atoms with Crippen molar-refractivity contribution in [2.75, 3.05) is 19.0 Å². The smallest absolute Gasteiger partial charge is 0.354 e. The highest BCUT2D eigenvalue weighted by atomic mass is 16.5. The van der Waals surface area contributed by atoms with Crippen LogP contribution in [0.1, 0.15) is 24.3 Å². The van der Waals surface area contributed by atoms with Gasteiger partial charge in [0.2, 0.25) is 0 Å². The zero-order chi connectivity index (χ0) is 12.8. The predicted octanol–water partition coefficient (Wildman–Crippen LogP) is 1.86. The van der Waals surface area contributed by atoms with Crippen LogP contribution in [0.25, 0.3) is 0 Å². The Morgan fingerprint density at radius 3 is 2.65 bits per heavy atom. The lowest BCUT2D eigenvalue weighted by molar-refractivity contribution is 0.0690. The van der Waals surface area contributed by atoms with Crippen LogP contribution in [-0.2, 0) is 4.74 Å². The van der Waals surface area contributed by atoms with E-state index in [2.05, 4.69) is 24.1 Å². The highest BCUT2D eigenvalue weighted by Crippen LogP contribution is 2.12. The number of hydrogen-bond acceptors (Lipinski definition) is 4. The highest BCUT2D eigenvalue weighted by Gasteiger charge is 2.13. The van der Waals surface area contributed by atoms with E-state index >= 15 is 0 Å². The lowest BCUT2D eigenvalue weighted by Crippen LogP contribution is -2.30. The number of methoxy groups -OCH3 is 1. The molecule has 1 aromatic rings. The van der Waals surface area contributed by atoms with Crippen LogP contribution < -0.4 is 5.32 Å². The van der Waals surface area contributed by atoms with E-state index in [9.17, 15) is 4.79 Å². The summed E-state index contributed by atoms with van der Waals surface area (Å²) >= 11 is 0. The van der Waals surface area contributed by atoms with Gasteiger partial charge in [0.05, 0.1) is 24.5 Å². The van der Waals surface area contributed by atoms with Crippen molar-refractivity contribution in [2.24, 2.45) is 5.92 Å². The third-order valence-corrected chi connectivity index (χ3v) is 2.49. The SMILES string of the molecule is COCC(Nc1ccc(C(=O)O)nc1)C(C)C. The van der Waals surface area contributed by atoms with Crippen LogP contribution >= 0.6 is 0 Å². The molecule has 0 aliphatic heterocycles. The molecule has 2 N–H and O–H groups in total. The van der Waals surface area contributed by atoms with Crippen LogP contribution in [-0.4, -0.2) is 35.8 Å². The van der Waals surface area contributed by atoms with Crippen LogP contribution in [0.5, 0.6) is 0 Å². The van der Waals surface area contributed by atoms with Gasteiger partial charge in [-0.15, -0.1) is 0 Å². The summed E-state index contributed by atoms with van der Waals surface area (Å²) < 4.78 is 5.12. The van der Waals surface area contributed by atoms with Gasteiger partial charge in [-0.3, -0.25) is 0 Å². The minimum atomic E-state index is -1.02. The van der Waals surface area contributed by atoms with E-state index in [1.165, 1.54) is 12.3 Å². The summed E-state index contributed by atoms with van der Waals surface area (Å²) in [6.07, 6.45) is 1.52. The number of carbonyl (C=O) groups is 1. The lowest BCUT2D eigenvalue weighted by Gasteiger charge is -2.22. The lowest BCUT2D eigenvalue weighted by atomic mass is 10.1. The Morgan fingerprint density at radius 1 is 1.53 bits per heavy atom. The molecule has 0 fully saturated rings. The van der Waals surface area contributed by atoms with Crippen molar-refractivity contribution in [3.8, 4) is 0 Å². The van der Waals surface area contributed by atoms with E-state index in [0.717, 1.165) is 5.69 Å². The first-order valence-electron chi connectivity index (χ1n) is 5.49. The average Bonchev–Trinajstić information content (AvgIpc) is 2.29. The first-order valence-corrected chi connectivity index (χ1v) is 5.49. The average molecular weight is 238 g/mol. The Kier molecular flexibility index (Phi) is 4.90. The van der Waals surface area contributed by atoms with Crippen molar-refractivity contribution in [1.29, 1.82) is 0 Å².